The number of rotatable bonds is 3. The molecule has 4 aliphatic carbocycles. The second-order valence-corrected chi connectivity index (χ2v) is 9.72. The van der Waals surface area contributed by atoms with E-state index in [9.17, 15) is 9.90 Å². The van der Waals surface area contributed by atoms with E-state index in [0.29, 0.717) is 36.5 Å². The smallest absolute Gasteiger partial charge is 0.231 e. The number of aliphatic hydroxyl groups is 1. The number of carbonyl (C=O) groups excluding carboxylic acids is 1. The second kappa shape index (κ2) is 5.78. The van der Waals surface area contributed by atoms with Gasteiger partial charge in [-0.25, -0.2) is 0 Å². The van der Waals surface area contributed by atoms with Crippen LogP contribution in [0.5, 0.6) is 0 Å². The fourth-order valence-electron chi connectivity index (χ4n) is 6.93. The summed E-state index contributed by atoms with van der Waals surface area (Å²) in [6, 6.07) is 0. The van der Waals surface area contributed by atoms with Gasteiger partial charge in [-0.3, -0.25) is 4.79 Å². The molecule has 1 saturated heterocycles. The fraction of sp³-hybridized carbons (Fsp3) is 0.850. The lowest BCUT2D eigenvalue weighted by molar-refractivity contribution is -0.172. The van der Waals surface area contributed by atoms with Crippen molar-refractivity contribution in [1.82, 2.24) is 15.0 Å². The van der Waals surface area contributed by atoms with Gasteiger partial charge in [0.25, 0.3) is 0 Å². The SMILES string of the molecule is Cc1noc([C@@H]2CCCN(C(=O)CC34C[C@H]5C[C@@H](CC(O)(C5)C3)C4)C2)n1. The molecule has 6 rings (SSSR count). The molecule has 5 fully saturated rings. The lowest BCUT2D eigenvalue weighted by Gasteiger charge is -2.60. The first kappa shape index (κ1) is 16.7. The maximum Gasteiger partial charge on any atom is 0.231 e. The van der Waals surface area contributed by atoms with Crippen molar-refractivity contribution in [3.63, 3.8) is 0 Å². The third-order valence-electron chi connectivity index (χ3n) is 7.34. The van der Waals surface area contributed by atoms with Crippen LogP contribution >= 0.6 is 0 Å². The molecular formula is C20H29N3O3. The van der Waals surface area contributed by atoms with Gasteiger partial charge in [-0.2, -0.15) is 4.98 Å². The molecule has 1 aromatic rings. The molecule has 4 bridgehead atoms. The average molecular weight is 359 g/mol. The van der Waals surface area contributed by atoms with E-state index in [4.69, 9.17) is 4.52 Å². The zero-order valence-electron chi connectivity index (χ0n) is 15.6. The Morgan fingerprint density at radius 2 is 2.08 bits per heavy atom. The number of likely N-dealkylation sites (tertiary alicyclic amines) is 1. The lowest BCUT2D eigenvalue weighted by Crippen LogP contribution is -2.56. The monoisotopic (exact) mass is 359 g/mol. The van der Waals surface area contributed by atoms with Crippen molar-refractivity contribution < 1.29 is 14.4 Å². The van der Waals surface area contributed by atoms with Crippen LogP contribution in [0.4, 0.5) is 0 Å². The van der Waals surface area contributed by atoms with Crippen molar-refractivity contribution in [1.29, 1.82) is 0 Å². The van der Waals surface area contributed by atoms with Crippen molar-refractivity contribution in [3.8, 4) is 0 Å². The molecule has 0 aromatic carbocycles. The zero-order chi connectivity index (χ0) is 17.9. The lowest BCUT2D eigenvalue weighted by atomic mass is 9.47. The van der Waals surface area contributed by atoms with Crippen molar-refractivity contribution in [2.24, 2.45) is 17.3 Å². The maximum atomic E-state index is 13.1. The highest BCUT2D eigenvalue weighted by Crippen LogP contribution is 2.62. The summed E-state index contributed by atoms with van der Waals surface area (Å²) in [7, 11) is 0. The quantitative estimate of drug-likeness (QED) is 0.898. The molecule has 0 spiro atoms. The highest BCUT2D eigenvalue weighted by atomic mass is 16.5. The van der Waals surface area contributed by atoms with Gasteiger partial charge in [0.05, 0.1) is 11.5 Å². The minimum Gasteiger partial charge on any atom is -0.390 e. The van der Waals surface area contributed by atoms with Gasteiger partial charge in [-0.05, 0) is 75.5 Å². The van der Waals surface area contributed by atoms with Crippen LogP contribution in [0.3, 0.4) is 0 Å². The Kier molecular flexibility index (Phi) is 3.72. The third kappa shape index (κ3) is 2.86. The molecule has 5 aliphatic rings. The van der Waals surface area contributed by atoms with Crippen LogP contribution in [0.15, 0.2) is 4.52 Å². The van der Waals surface area contributed by atoms with E-state index in [-0.39, 0.29) is 17.2 Å². The average Bonchev–Trinajstić information content (AvgIpc) is 2.99. The topological polar surface area (TPSA) is 79.5 Å². The van der Waals surface area contributed by atoms with E-state index in [1.807, 2.05) is 11.8 Å². The van der Waals surface area contributed by atoms with E-state index in [1.165, 1.54) is 6.42 Å². The number of carbonyl (C=O) groups is 1. The Balaban J connectivity index is 1.28. The van der Waals surface area contributed by atoms with Crippen LogP contribution in [-0.2, 0) is 4.79 Å². The van der Waals surface area contributed by atoms with Crippen LogP contribution in [0.25, 0.3) is 0 Å². The van der Waals surface area contributed by atoms with Gasteiger partial charge in [0.15, 0.2) is 5.82 Å². The number of hydrogen-bond acceptors (Lipinski definition) is 5. The van der Waals surface area contributed by atoms with E-state index in [0.717, 1.165) is 51.5 Å². The summed E-state index contributed by atoms with van der Waals surface area (Å²) >= 11 is 0. The number of aryl methyl sites for hydroxylation is 1. The second-order valence-electron chi connectivity index (χ2n) is 9.72. The minimum absolute atomic E-state index is 0.0456. The number of nitrogens with zero attached hydrogens (tertiary/aromatic N) is 3. The molecule has 0 unspecified atom stereocenters. The molecule has 6 heteroatoms. The highest BCUT2D eigenvalue weighted by molar-refractivity contribution is 5.77. The molecule has 6 nitrogen and oxygen atoms in total. The molecule has 1 aromatic heterocycles. The van der Waals surface area contributed by atoms with Gasteiger partial charge < -0.3 is 14.5 Å². The normalized spacial score (nSPS) is 41.6. The molecule has 1 amide bonds. The Bertz CT molecular complexity index is 701. The van der Waals surface area contributed by atoms with Gasteiger partial charge >= 0.3 is 0 Å². The summed E-state index contributed by atoms with van der Waals surface area (Å²) in [5.41, 5.74) is -0.444. The Hall–Kier alpha value is -1.43. The van der Waals surface area contributed by atoms with Crippen LogP contribution < -0.4 is 0 Å². The predicted molar refractivity (Wildman–Crippen MR) is 94.3 cm³/mol. The number of aromatic nitrogens is 2. The van der Waals surface area contributed by atoms with E-state index < -0.39 is 5.60 Å². The first-order valence-corrected chi connectivity index (χ1v) is 10.2. The molecule has 1 N–H and O–H groups in total. The first-order chi connectivity index (χ1) is 12.4. The molecule has 4 saturated carbocycles. The molecule has 3 atom stereocenters. The van der Waals surface area contributed by atoms with Gasteiger partial charge in [0.1, 0.15) is 0 Å². The molecule has 142 valence electrons. The van der Waals surface area contributed by atoms with Crippen LogP contribution in [0, 0.1) is 24.2 Å². The van der Waals surface area contributed by atoms with Crippen LogP contribution in [0.2, 0.25) is 0 Å². The van der Waals surface area contributed by atoms with Gasteiger partial charge in [0, 0.05) is 19.5 Å². The molecule has 0 radical (unpaired) electrons. The van der Waals surface area contributed by atoms with Crippen molar-refractivity contribution in [2.75, 3.05) is 13.1 Å². The van der Waals surface area contributed by atoms with Crippen LogP contribution in [0.1, 0.15) is 75.4 Å². The van der Waals surface area contributed by atoms with E-state index in [1.54, 1.807) is 0 Å². The van der Waals surface area contributed by atoms with E-state index in [2.05, 4.69) is 10.1 Å². The maximum absolute atomic E-state index is 13.1. The molecule has 2 heterocycles. The summed E-state index contributed by atoms with van der Waals surface area (Å²) in [6.45, 7) is 3.35. The Labute approximate surface area is 154 Å². The number of hydrogen-bond donors (Lipinski definition) is 1. The fourth-order valence-corrected chi connectivity index (χ4v) is 6.93. The summed E-state index contributed by atoms with van der Waals surface area (Å²) in [5, 5.41) is 14.8. The summed E-state index contributed by atoms with van der Waals surface area (Å²) in [4.78, 5) is 19.5. The minimum atomic E-state index is -0.490. The predicted octanol–water partition coefficient (Wildman–Crippen LogP) is 2.81. The van der Waals surface area contributed by atoms with Crippen molar-refractivity contribution in [3.05, 3.63) is 11.7 Å². The van der Waals surface area contributed by atoms with Gasteiger partial charge in [0.2, 0.25) is 11.8 Å². The molecule has 26 heavy (non-hydrogen) atoms. The summed E-state index contributed by atoms with van der Waals surface area (Å²) < 4.78 is 5.35. The van der Waals surface area contributed by atoms with Gasteiger partial charge in [-0.15, -0.1) is 0 Å². The first-order valence-electron chi connectivity index (χ1n) is 10.2. The summed E-state index contributed by atoms with van der Waals surface area (Å²) in [6.07, 6.45) is 8.89. The zero-order valence-corrected chi connectivity index (χ0v) is 15.6. The van der Waals surface area contributed by atoms with Crippen molar-refractivity contribution in [2.45, 2.75) is 76.2 Å². The Morgan fingerprint density at radius 3 is 2.73 bits per heavy atom. The van der Waals surface area contributed by atoms with Gasteiger partial charge in [-0.1, -0.05) is 5.16 Å². The highest BCUT2D eigenvalue weighted by Gasteiger charge is 2.57. The van der Waals surface area contributed by atoms with Crippen LogP contribution in [-0.4, -0.2) is 44.7 Å². The molecular weight excluding hydrogens is 330 g/mol. The number of piperidine rings is 1. The van der Waals surface area contributed by atoms with Crippen molar-refractivity contribution >= 4 is 5.91 Å². The largest absolute Gasteiger partial charge is 0.390 e. The third-order valence-corrected chi connectivity index (χ3v) is 7.34. The molecule has 1 aliphatic heterocycles. The Morgan fingerprint density at radius 1 is 1.31 bits per heavy atom. The van der Waals surface area contributed by atoms with E-state index >= 15 is 0 Å². The standard InChI is InChI=1S/C20H29N3O3/c1-13-21-18(26-22-13)16-3-2-4-23(11-16)17(24)10-19-6-14-5-15(7-19)9-20(25,8-14)12-19/h14-16,25H,2-12H2,1H3/t14-,15-,16-,19?,20?/m1/s1. The summed E-state index contributed by atoms with van der Waals surface area (Å²) in [5.74, 6) is 3.01. The number of amides is 1.